The Bertz CT molecular complexity index is 519. The minimum absolute atomic E-state index is 0.192. The van der Waals surface area contributed by atoms with E-state index in [2.05, 4.69) is 10.1 Å². The van der Waals surface area contributed by atoms with Crippen molar-refractivity contribution in [2.45, 2.75) is 25.6 Å². The summed E-state index contributed by atoms with van der Waals surface area (Å²) in [5.74, 6) is -2.76. The number of amides is 1. The predicted molar refractivity (Wildman–Crippen MR) is 75.8 cm³/mol. The Morgan fingerprint density at radius 2 is 1.87 bits per heavy atom. The van der Waals surface area contributed by atoms with Crippen LogP contribution in [0.1, 0.15) is 12.5 Å². The summed E-state index contributed by atoms with van der Waals surface area (Å²) in [6.07, 6.45) is -5.64. The van der Waals surface area contributed by atoms with Crippen molar-refractivity contribution in [2.75, 3.05) is 13.2 Å². The highest BCUT2D eigenvalue weighted by Gasteiger charge is 2.30. The van der Waals surface area contributed by atoms with Gasteiger partial charge in [0.2, 0.25) is 5.91 Å². The van der Waals surface area contributed by atoms with Gasteiger partial charge in [-0.2, -0.15) is 13.2 Å². The van der Waals surface area contributed by atoms with Crippen molar-refractivity contribution in [3.63, 3.8) is 0 Å². The van der Waals surface area contributed by atoms with Gasteiger partial charge in [0.15, 0.2) is 0 Å². The fourth-order valence-electron chi connectivity index (χ4n) is 1.81. The van der Waals surface area contributed by atoms with Gasteiger partial charge < -0.3 is 15.2 Å². The molecule has 0 aromatic heterocycles. The van der Waals surface area contributed by atoms with E-state index in [4.69, 9.17) is 5.11 Å². The first-order valence-electron chi connectivity index (χ1n) is 6.92. The van der Waals surface area contributed by atoms with Crippen molar-refractivity contribution in [3.8, 4) is 0 Å². The van der Waals surface area contributed by atoms with Crippen molar-refractivity contribution in [1.82, 2.24) is 5.32 Å². The third kappa shape index (κ3) is 7.64. The average molecular weight is 333 g/mol. The number of aliphatic carboxylic acids is 1. The van der Waals surface area contributed by atoms with Gasteiger partial charge in [-0.3, -0.25) is 9.59 Å². The van der Waals surface area contributed by atoms with E-state index in [1.54, 1.807) is 30.3 Å². The van der Waals surface area contributed by atoms with E-state index in [0.717, 1.165) is 5.56 Å². The number of hydrogen-bond donors (Lipinski definition) is 2. The van der Waals surface area contributed by atoms with Crippen LogP contribution < -0.4 is 5.32 Å². The van der Waals surface area contributed by atoms with Crippen LogP contribution in [0.15, 0.2) is 30.3 Å². The van der Waals surface area contributed by atoms with Crippen LogP contribution >= 0.6 is 0 Å². The van der Waals surface area contributed by atoms with Crippen molar-refractivity contribution < 1.29 is 32.6 Å². The molecule has 0 saturated heterocycles. The number of carboxylic acids is 1. The van der Waals surface area contributed by atoms with Gasteiger partial charge in [-0.15, -0.1) is 0 Å². The monoisotopic (exact) mass is 333 g/mol. The summed E-state index contributed by atoms with van der Waals surface area (Å²) < 4.78 is 40.4. The summed E-state index contributed by atoms with van der Waals surface area (Å²) >= 11 is 0. The molecule has 2 N–H and O–H groups in total. The summed E-state index contributed by atoms with van der Waals surface area (Å²) in [7, 11) is 0. The van der Waals surface area contributed by atoms with E-state index in [0.29, 0.717) is 0 Å². The second kappa shape index (κ2) is 8.52. The van der Waals surface area contributed by atoms with Gasteiger partial charge in [-0.05, 0) is 18.9 Å². The smallest absolute Gasteiger partial charge is 0.411 e. The summed E-state index contributed by atoms with van der Waals surface area (Å²) in [6.45, 7) is -0.551. The summed E-state index contributed by atoms with van der Waals surface area (Å²) in [5.41, 5.74) is 0.788. The lowest BCUT2D eigenvalue weighted by Crippen LogP contribution is -2.40. The third-order valence-electron chi connectivity index (χ3n) is 3.06. The molecule has 0 aliphatic carbocycles. The van der Waals surface area contributed by atoms with Crippen LogP contribution in [0.3, 0.4) is 0 Å². The molecule has 0 fully saturated rings. The Labute approximate surface area is 131 Å². The van der Waals surface area contributed by atoms with Gasteiger partial charge in [0.1, 0.15) is 12.7 Å². The average Bonchev–Trinajstić information content (AvgIpc) is 2.48. The number of carboxylic acid groups (broad SMARTS) is 1. The zero-order valence-corrected chi connectivity index (χ0v) is 12.5. The van der Waals surface area contributed by atoms with Crippen LogP contribution in [0, 0.1) is 5.92 Å². The molecular weight excluding hydrogens is 315 g/mol. The molecule has 5 nitrogen and oxygen atoms in total. The number of rotatable bonds is 8. The number of nitrogens with one attached hydrogen (secondary N) is 1. The molecule has 0 radical (unpaired) electrons. The van der Waals surface area contributed by atoms with E-state index in [9.17, 15) is 22.8 Å². The number of hydrogen-bond acceptors (Lipinski definition) is 3. The SMILES string of the molecule is C[C@@H](OCC(F)(F)F)C(=O)NC[C@H](Cc1ccccc1)C(=O)O. The first-order valence-corrected chi connectivity index (χ1v) is 6.92. The quantitative estimate of drug-likeness (QED) is 0.763. The standard InChI is InChI=1S/C15H18F3NO4/c1-10(23-9-15(16,17)18)13(20)19-8-12(14(21)22)7-11-5-3-2-4-6-11/h2-6,10,12H,7-9H2,1H3,(H,19,20)(H,21,22)/t10-,12+/m1/s1. The van der Waals surface area contributed by atoms with Gasteiger partial charge in [0.05, 0.1) is 5.92 Å². The lowest BCUT2D eigenvalue weighted by Gasteiger charge is -2.17. The van der Waals surface area contributed by atoms with Crippen LogP contribution in [-0.2, 0) is 20.7 Å². The summed E-state index contributed by atoms with van der Waals surface area (Å²) in [5, 5.41) is 11.5. The molecule has 8 heteroatoms. The van der Waals surface area contributed by atoms with Crippen LogP contribution in [0.25, 0.3) is 0 Å². The Balaban J connectivity index is 2.48. The Kier molecular flexibility index (Phi) is 7.02. The highest BCUT2D eigenvalue weighted by atomic mass is 19.4. The van der Waals surface area contributed by atoms with Crippen molar-refractivity contribution in [1.29, 1.82) is 0 Å². The van der Waals surface area contributed by atoms with E-state index >= 15 is 0 Å². The van der Waals surface area contributed by atoms with Gasteiger partial charge in [-0.1, -0.05) is 30.3 Å². The molecule has 1 aromatic rings. The van der Waals surface area contributed by atoms with E-state index < -0.39 is 36.7 Å². The maximum atomic E-state index is 12.0. The number of halogens is 3. The number of benzene rings is 1. The lowest BCUT2D eigenvalue weighted by molar-refractivity contribution is -0.185. The first-order chi connectivity index (χ1) is 10.7. The Hall–Kier alpha value is -2.09. The van der Waals surface area contributed by atoms with Crippen LogP contribution in [0.2, 0.25) is 0 Å². The first kappa shape index (κ1) is 19.0. The Morgan fingerprint density at radius 1 is 1.26 bits per heavy atom. The number of ether oxygens (including phenoxy) is 1. The van der Waals surface area contributed by atoms with Gasteiger partial charge >= 0.3 is 12.1 Å². The fraction of sp³-hybridized carbons (Fsp3) is 0.467. The van der Waals surface area contributed by atoms with Crippen molar-refractivity contribution in [2.24, 2.45) is 5.92 Å². The highest BCUT2D eigenvalue weighted by molar-refractivity contribution is 5.81. The van der Waals surface area contributed by atoms with Crippen molar-refractivity contribution >= 4 is 11.9 Å². The highest BCUT2D eigenvalue weighted by Crippen LogP contribution is 2.15. The molecule has 0 aliphatic rings. The second-order valence-corrected chi connectivity index (χ2v) is 5.04. The van der Waals surface area contributed by atoms with E-state index in [-0.39, 0.29) is 13.0 Å². The predicted octanol–water partition coefficient (Wildman–Crippen LogP) is 2.01. The van der Waals surface area contributed by atoms with E-state index in [1.807, 2.05) is 0 Å². The van der Waals surface area contributed by atoms with Crippen LogP contribution in [0.4, 0.5) is 13.2 Å². The molecule has 1 amide bonds. The molecule has 128 valence electrons. The van der Waals surface area contributed by atoms with Gasteiger partial charge in [-0.25, -0.2) is 0 Å². The largest absolute Gasteiger partial charge is 0.481 e. The van der Waals surface area contributed by atoms with Crippen molar-refractivity contribution in [3.05, 3.63) is 35.9 Å². The zero-order valence-electron chi connectivity index (χ0n) is 12.5. The minimum Gasteiger partial charge on any atom is -0.481 e. The molecule has 0 heterocycles. The third-order valence-corrected chi connectivity index (χ3v) is 3.06. The van der Waals surface area contributed by atoms with Crippen LogP contribution in [0.5, 0.6) is 0 Å². The lowest BCUT2D eigenvalue weighted by atomic mass is 9.99. The van der Waals surface area contributed by atoms with E-state index in [1.165, 1.54) is 6.92 Å². The number of carbonyl (C=O) groups excluding carboxylic acids is 1. The molecule has 0 bridgehead atoms. The zero-order chi connectivity index (χ0) is 17.5. The van der Waals surface area contributed by atoms with Gasteiger partial charge in [0, 0.05) is 6.54 Å². The maximum absolute atomic E-state index is 12.0. The maximum Gasteiger partial charge on any atom is 0.411 e. The molecule has 1 aromatic carbocycles. The molecular formula is C15H18F3NO4. The Morgan fingerprint density at radius 3 is 2.39 bits per heavy atom. The molecule has 0 aliphatic heterocycles. The van der Waals surface area contributed by atoms with Crippen LogP contribution in [-0.4, -0.2) is 42.4 Å². The number of carbonyl (C=O) groups is 2. The fourth-order valence-corrected chi connectivity index (χ4v) is 1.81. The summed E-state index contributed by atoms with van der Waals surface area (Å²) in [4.78, 5) is 22.9. The molecule has 1 rings (SSSR count). The molecule has 0 saturated carbocycles. The molecule has 2 atom stereocenters. The normalized spacial score (nSPS) is 14.1. The number of alkyl halides is 3. The summed E-state index contributed by atoms with van der Waals surface area (Å²) in [6, 6.07) is 8.83. The second-order valence-electron chi connectivity index (χ2n) is 5.04. The topological polar surface area (TPSA) is 75.6 Å². The van der Waals surface area contributed by atoms with Gasteiger partial charge in [0.25, 0.3) is 0 Å². The minimum atomic E-state index is -4.52. The molecule has 0 unspecified atom stereocenters. The molecule has 0 spiro atoms. The molecule has 23 heavy (non-hydrogen) atoms.